The van der Waals surface area contributed by atoms with E-state index in [-0.39, 0.29) is 5.82 Å². The summed E-state index contributed by atoms with van der Waals surface area (Å²) in [6, 6.07) is 16.7. The van der Waals surface area contributed by atoms with Gasteiger partial charge in [-0.1, -0.05) is 17.3 Å². The number of hydrogen-bond donors (Lipinski definition) is 1. The Kier molecular flexibility index (Phi) is 7.17. The van der Waals surface area contributed by atoms with Crippen molar-refractivity contribution in [3.8, 4) is 17.0 Å². The molecule has 1 aliphatic heterocycles. The molecule has 0 atom stereocenters. The number of methoxy groups -OCH3 is 1. The molecular weight excluding hydrogens is 395 g/mol. The molecule has 6 nitrogen and oxygen atoms in total. The Hall–Kier alpha value is -2.90. The van der Waals surface area contributed by atoms with Crippen molar-refractivity contribution < 1.29 is 13.7 Å². The van der Waals surface area contributed by atoms with Gasteiger partial charge in [0.1, 0.15) is 17.3 Å². The summed E-state index contributed by atoms with van der Waals surface area (Å²) in [5.74, 6) is 1.32. The molecule has 2 aromatic carbocycles. The van der Waals surface area contributed by atoms with Gasteiger partial charge in [-0.05, 0) is 55.9 Å². The van der Waals surface area contributed by atoms with Crippen molar-refractivity contribution in [3.63, 3.8) is 0 Å². The molecule has 0 radical (unpaired) electrons. The van der Waals surface area contributed by atoms with Crippen LogP contribution in [-0.2, 0) is 6.54 Å². The summed E-state index contributed by atoms with van der Waals surface area (Å²) in [6.45, 7) is 6.77. The third-order valence-electron chi connectivity index (χ3n) is 5.65. The second kappa shape index (κ2) is 10.4. The minimum Gasteiger partial charge on any atom is -0.497 e. The van der Waals surface area contributed by atoms with Crippen LogP contribution in [0.25, 0.3) is 11.3 Å². The zero-order chi connectivity index (χ0) is 21.5. The molecule has 4 rings (SSSR count). The van der Waals surface area contributed by atoms with Gasteiger partial charge in [0.2, 0.25) is 0 Å². The minimum absolute atomic E-state index is 0.289. The third kappa shape index (κ3) is 5.62. The summed E-state index contributed by atoms with van der Waals surface area (Å²) in [4.78, 5) is 4.93. The molecule has 0 bridgehead atoms. The molecule has 1 fully saturated rings. The number of aromatic nitrogens is 1. The average Bonchev–Trinajstić information content (AvgIpc) is 3.28. The first-order valence-electron chi connectivity index (χ1n) is 10.8. The van der Waals surface area contributed by atoms with Crippen molar-refractivity contribution in [1.82, 2.24) is 15.4 Å². The molecule has 2 heterocycles. The number of nitrogens with one attached hydrogen (secondary N) is 1. The topological polar surface area (TPSA) is 53.8 Å². The van der Waals surface area contributed by atoms with E-state index in [2.05, 4.69) is 32.4 Å². The predicted octanol–water partition coefficient (Wildman–Crippen LogP) is 3.79. The highest BCUT2D eigenvalue weighted by Gasteiger charge is 2.17. The lowest BCUT2D eigenvalue weighted by Gasteiger charge is -2.36. The number of halogens is 1. The second-order valence-electron chi connectivity index (χ2n) is 7.72. The molecule has 0 amide bonds. The van der Waals surface area contributed by atoms with Gasteiger partial charge in [-0.3, -0.25) is 4.90 Å². The van der Waals surface area contributed by atoms with Crippen LogP contribution in [0.3, 0.4) is 0 Å². The Bertz CT molecular complexity index is 952. The highest BCUT2D eigenvalue weighted by molar-refractivity contribution is 5.59. The molecule has 1 saturated heterocycles. The van der Waals surface area contributed by atoms with Crippen LogP contribution in [-0.4, -0.2) is 56.4 Å². The zero-order valence-corrected chi connectivity index (χ0v) is 17.9. The molecule has 1 aliphatic rings. The van der Waals surface area contributed by atoms with Crippen molar-refractivity contribution in [2.24, 2.45) is 0 Å². The van der Waals surface area contributed by atoms with E-state index in [1.807, 2.05) is 12.1 Å². The van der Waals surface area contributed by atoms with E-state index in [0.717, 1.165) is 51.4 Å². The molecule has 0 spiro atoms. The summed E-state index contributed by atoms with van der Waals surface area (Å²) in [5.41, 5.74) is 2.25. The number of anilines is 1. The summed E-state index contributed by atoms with van der Waals surface area (Å²) in [7, 11) is 1.69. The Labute approximate surface area is 182 Å². The minimum atomic E-state index is -0.289. The number of benzene rings is 2. The van der Waals surface area contributed by atoms with Crippen molar-refractivity contribution in [2.75, 3.05) is 51.3 Å². The summed E-state index contributed by atoms with van der Waals surface area (Å²) < 4.78 is 24.4. The first kappa shape index (κ1) is 21.3. The lowest BCUT2D eigenvalue weighted by atomic mass is 10.1. The van der Waals surface area contributed by atoms with Gasteiger partial charge in [-0.25, -0.2) is 4.39 Å². The monoisotopic (exact) mass is 424 g/mol. The molecule has 31 heavy (non-hydrogen) atoms. The van der Waals surface area contributed by atoms with Crippen LogP contribution in [0, 0.1) is 5.82 Å². The maximum absolute atomic E-state index is 13.9. The van der Waals surface area contributed by atoms with Crippen LogP contribution in [0.2, 0.25) is 0 Å². The molecular formula is C24H29FN4O2. The van der Waals surface area contributed by atoms with E-state index in [9.17, 15) is 4.39 Å². The maximum Gasteiger partial charge on any atom is 0.151 e. The molecule has 0 aliphatic carbocycles. The average molecular weight is 425 g/mol. The van der Waals surface area contributed by atoms with Crippen LogP contribution in [0.4, 0.5) is 10.1 Å². The molecule has 164 valence electrons. The number of rotatable bonds is 9. The van der Waals surface area contributed by atoms with E-state index < -0.39 is 0 Å². The second-order valence-corrected chi connectivity index (χ2v) is 7.72. The molecule has 1 N–H and O–H groups in total. The highest BCUT2D eigenvalue weighted by atomic mass is 19.1. The van der Waals surface area contributed by atoms with Crippen LogP contribution < -0.4 is 15.0 Å². The standard InChI is InChI=1S/C24H29FN4O2/c1-30-20-9-7-19(8-10-20)29-15-13-28(14-16-29)12-4-11-26-18-21-17-24(27-31-21)22-5-2-3-6-23(22)25/h2-3,5-10,17,26H,4,11-16,18H2,1H3. The molecule has 1 aromatic heterocycles. The predicted molar refractivity (Wildman–Crippen MR) is 120 cm³/mol. The van der Waals surface area contributed by atoms with E-state index >= 15 is 0 Å². The lowest BCUT2D eigenvalue weighted by Crippen LogP contribution is -2.46. The first-order chi connectivity index (χ1) is 15.2. The fourth-order valence-corrected chi connectivity index (χ4v) is 3.85. The van der Waals surface area contributed by atoms with Gasteiger partial charge in [0.15, 0.2) is 5.76 Å². The lowest BCUT2D eigenvalue weighted by molar-refractivity contribution is 0.253. The maximum atomic E-state index is 13.9. The van der Waals surface area contributed by atoms with E-state index in [1.165, 1.54) is 11.8 Å². The van der Waals surface area contributed by atoms with Gasteiger partial charge < -0.3 is 19.5 Å². The summed E-state index contributed by atoms with van der Waals surface area (Å²) in [5, 5.41) is 7.38. The van der Waals surface area contributed by atoms with Gasteiger partial charge >= 0.3 is 0 Å². The smallest absolute Gasteiger partial charge is 0.151 e. The fourth-order valence-electron chi connectivity index (χ4n) is 3.85. The molecule has 0 unspecified atom stereocenters. The SMILES string of the molecule is COc1ccc(N2CCN(CCCNCc3cc(-c4ccccc4F)no3)CC2)cc1. The number of ether oxygens (including phenoxy) is 1. The molecule has 3 aromatic rings. The Morgan fingerprint density at radius 3 is 2.58 bits per heavy atom. The Balaban J connectivity index is 1.13. The largest absolute Gasteiger partial charge is 0.497 e. The number of nitrogens with zero attached hydrogens (tertiary/aromatic N) is 3. The first-order valence-corrected chi connectivity index (χ1v) is 10.8. The van der Waals surface area contributed by atoms with Crippen molar-refractivity contribution in [2.45, 2.75) is 13.0 Å². The molecule has 7 heteroatoms. The normalized spacial score (nSPS) is 14.7. The zero-order valence-electron chi connectivity index (χ0n) is 17.9. The van der Waals surface area contributed by atoms with Crippen LogP contribution in [0.5, 0.6) is 5.75 Å². The van der Waals surface area contributed by atoms with Crippen molar-refractivity contribution >= 4 is 5.69 Å². The van der Waals surface area contributed by atoms with Crippen LogP contribution >= 0.6 is 0 Å². The number of hydrogen-bond acceptors (Lipinski definition) is 6. The van der Waals surface area contributed by atoms with Crippen LogP contribution in [0.15, 0.2) is 59.1 Å². The van der Waals surface area contributed by atoms with E-state index in [0.29, 0.717) is 23.6 Å². The van der Waals surface area contributed by atoms with Crippen molar-refractivity contribution in [1.29, 1.82) is 0 Å². The van der Waals surface area contributed by atoms with Crippen LogP contribution in [0.1, 0.15) is 12.2 Å². The Morgan fingerprint density at radius 1 is 1.06 bits per heavy atom. The van der Waals surface area contributed by atoms with Crippen molar-refractivity contribution in [3.05, 3.63) is 66.2 Å². The highest BCUT2D eigenvalue weighted by Crippen LogP contribution is 2.22. The van der Waals surface area contributed by atoms with E-state index in [1.54, 1.807) is 31.4 Å². The Morgan fingerprint density at radius 2 is 1.84 bits per heavy atom. The molecule has 0 saturated carbocycles. The summed E-state index contributed by atoms with van der Waals surface area (Å²) >= 11 is 0. The van der Waals surface area contributed by atoms with Gasteiger partial charge in [-0.2, -0.15) is 0 Å². The quantitative estimate of drug-likeness (QED) is 0.528. The third-order valence-corrected chi connectivity index (χ3v) is 5.65. The van der Waals surface area contributed by atoms with E-state index in [4.69, 9.17) is 9.26 Å². The van der Waals surface area contributed by atoms with Gasteiger partial charge in [-0.15, -0.1) is 0 Å². The van der Waals surface area contributed by atoms with Gasteiger partial charge in [0.05, 0.1) is 13.7 Å². The summed E-state index contributed by atoms with van der Waals surface area (Å²) in [6.07, 6.45) is 1.07. The van der Waals surface area contributed by atoms with Gasteiger partial charge in [0.25, 0.3) is 0 Å². The number of piperazine rings is 1. The van der Waals surface area contributed by atoms with Gasteiger partial charge in [0, 0.05) is 43.5 Å². The fraction of sp³-hybridized carbons (Fsp3) is 0.375.